The number of benzene rings is 2. The van der Waals surface area contributed by atoms with Gasteiger partial charge in [0.2, 0.25) is 0 Å². The first-order valence-electron chi connectivity index (χ1n) is 10.2. The Morgan fingerprint density at radius 3 is 2.19 bits per heavy atom. The fourth-order valence-electron chi connectivity index (χ4n) is 2.95. The lowest BCUT2D eigenvalue weighted by atomic mass is 10.0. The van der Waals surface area contributed by atoms with Crippen LogP contribution in [0.5, 0.6) is 11.5 Å². The van der Waals surface area contributed by atoms with E-state index >= 15 is 0 Å². The summed E-state index contributed by atoms with van der Waals surface area (Å²) in [6.07, 6.45) is -0.795. The molecule has 168 valence electrons. The number of hydrogen-bond acceptors (Lipinski definition) is 6. The summed E-state index contributed by atoms with van der Waals surface area (Å²) >= 11 is 0. The van der Waals surface area contributed by atoms with Crippen LogP contribution in [0.1, 0.15) is 31.4 Å². The molecule has 1 heterocycles. The van der Waals surface area contributed by atoms with E-state index in [4.69, 9.17) is 24.4 Å². The third kappa shape index (κ3) is 8.65. The molecule has 2 atom stereocenters. The van der Waals surface area contributed by atoms with Crippen molar-refractivity contribution in [3.8, 4) is 11.5 Å². The van der Waals surface area contributed by atoms with Gasteiger partial charge in [-0.15, -0.1) is 0 Å². The molecule has 1 saturated heterocycles. The first-order valence-corrected chi connectivity index (χ1v) is 10.2. The van der Waals surface area contributed by atoms with Crippen LogP contribution in [0.3, 0.4) is 0 Å². The van der Waals surface area contributed by atoms with Crippen molar-refractivity contribution >= 4 is 11.9 Å². The second-order valence-corrected chi connectivity index (χ2v) is 6.73. The summed E-state index contributed by atoms with van der Waals surface area (Å²) < 4.78 is 18.0. The van der Waals surface area contributed by atoms with Crippen LogP contribution >= 0.6 is 0 Å². The fraction of sp³-hybridized carbons (Fsp3) is 0.391. The molecule has 8 nitrogen and oxygen atoms in total. The number of morpholine rings is 1. The zero-order valence-electron chi connectivity index (χ0n) is 17.5. The number of nitrogens with one attached hydrogen (secondary N) is 1. The van der Waals surface area contributed by atoms with E-state index in [2.05, 4.69) is 17.4 Å². The molecule has 0 unspecified atom stereocenters. The summed E-state index contributed by atoms with van der Waals surface area (Å²) in [5.74, 6) is -0.642. The van der Waals surface area contributed by atoms with Crippen LogP contribution in [0.15, 0.2) is 54.6 Å². The molecule has 31 heavy (non-hydrogen) atoms. The third-order valence-corrected chi connectivity index (χ3v) is 4.38. The minimum absolute atomic E-state index is 0.0270. The lowest BCUT2D eigenvalue weighted by molar-refractivity contribution is -0.143. The van der Waals surface area contributed by atoms with Gasteiger partial charge in [0.1, 0.15) is 6.10 Å². The summed E-state index contributed by atoms with van der Waals surface area (Å²) in [6, 6.07) is 18.0. The monoisotopic (exact) mass is 431 g/mol. The minimum atomic E-state index is -1.08. The maximum Gasteiger partial charge on any atom is 0.303 e. The van der Waals surface area contributed by atoms with Crippen LogP contribution in [0, 0.1) is 0 Å². The van der Waals surface area contributed by atoms with Crippen LogP contribution in [0.25, 0.3) is 0 Å². The molecule has 0 spiro atoms. The predicted molar refractivity (Wildman–Crippen MR) is 115 cm³/mol. The standard InChI is InChI=1S/C19H23NO3.C4H6O4/c1-2-21-16-10-6-7-11-17(16)23-19(15-8-4-3-5-9-15)18-14-20-12-13-22-18;5-3(6)1-2-4(7)8/h3-11,18-20H,2,12-14H2,1H3;1-2H2,(H,5,6)(H,7,8)/t18-,19+;/m0./s1. The van der Waals surface area contributed by atoms with E-state index in [-0.39, 0.29) is 25.0 Å². The van der Waals surface area contributed by atoms with Gasteiger partial charge in [0.15, 0.2) is 17.6 Å². The van der Waals surface area contributed by atoms with Crippen molar-refractivity contribution in [3.05, 3.63) is 60.2 Å². The molecular formula is C23H29NO7. The van der Waals surface area contributed by atoms with Gasteiger partial charge in [-0.05, 0) is 24.6 Å². The van der Waals surface area contributed by atoms with Gasteiger partial charge in [0.25, 0.3) is 0 Å². The quantitative estimate of drug-likeness (QED) is 0.555. The molecule has 1 aliphatic rings. The van der Waals surface area contributed by atoms with Crippen LogP contribution in [0.4, 0.5) is 0 Å². The zero-order valence-corrected chi connectivity index (χ0v) is 17.5. The normalized spacial score (nSPS) is 16.4. The number of carboxylic acid groups (broad SMARTS) is 2. The van der Waals surface area contributed by atoms with E-state index in [1.165, 1.54) is 0 Å². The van der Waals surface area contributed by atoms with Crippen molar-refractivity contribution in [2.45, 2.75) is 32.0 Å². The van der Waals surface area contributed by atoms with Gasteiger partial charge >= 0.3 is 11.9 Å². The van der Waals surface area contributed by atoms with Gasteiger partial charge < -0.3 is 29.7 Å². The highest BCUT2D eigenvalue weighted by Crippen LogP contribution is 2.33. The van der Waals surface area contributed by atoms with Gasteiger partial charge in [0.05, 0.1) is 26.1 Å². The lowest BCUT2D eigenvalue weighted by Gasteiger charge is -2.32. The molecule has 2 aromatic rings. The van der Waals surface area contributed by atoms with Crippen molar-refractivity contribution in [1.29, 1.82) is 0 Å². The summed E-state index contributed by atoms with van der Waals surface area (Å²) in [5, 5.41) is 19.2. The van der Waals surface area contributed by atoms with Crippen molar-refractivity contribution in [2.75, 3.05) is 26.3 Å². The first-order chi connectivity index (χ1) is 15.0. The highest BCUT2D eigenvalue weighted by atomic mass is 16.6. The van der Waals surface area contributed by atoms with Crippen LogP contribution in [-0.4, -0.2) is 54.6 Å². The van der Waals surface area contributed by atoms with Crippen molar-refractivity contribution in [1.82, 2.24) is 5.32 Å². The molecular weight excluding hydrogens is 402 g/mol. The Morgan fingerprint density at radius 2 is 1.65 bits per heavy atom. The van der Waals surface area contributed by atoms with Crippen LogP contribution < -0.4 is 14.8 Å². The smallest absolute Gasteiger partial charge is 0.303 e. The minimum Gasteiger partial charge on any atom is -0.490 e. The van der Waals surface area contributed by atoms with Gasteiger partial charge in [-0.3, -0.25) is 9.59 Å². The van der Waals surface area contributed by atoms with Gasteiger partial charge in [-0.1, -0.05) is 42.5 Å². The number of carbonyl (C=O) groups is 2. The largest absolute Gasteiger partial charge is 0.490 e. The summed E-state index contributed by atoms with van der Waals surface area (Å²) in [6.45, 7) is 4.94. The molecule has 1 fully saturated rings. The molecule has 0 radical (unpaired) electrons. The molecule has 3 rings (SSSR count). The molecule has 3 N–H and O–H groups in total. The SMILES string of the molecule is CCOc1ccccc1O[C@H](c1ccccc1)[C@@H]1CNCCO1.O=C(O)CCC(=O)O. The number of aliphatic carboxylic acids is 2. The third-order valence-electron chi connectivity index (χ3n) is 4.38. The van der Waals surface area contributed by atoms with E-state index in [9.17, 15) is 9.59 Å². The lowest BCUT2D eigenvalue weighted by Crippen LogP contribution is -2.43. The Morgan fingerprint density at radius 1 is 1.03 bits per heavy atom. The fourth-order valence-corrected chi connectivity index (χ4v) is 2.95. The van der Waals surface area contributed by atoms with Gasteiger partial charge in [-0.2, -0.15) is 0 Å². The Hall–Kier alpha value is -3.10. The second kappa shape index (κ2) is 13.3. The number of hydrogen-bond donors (Lipinski definition) is 3. The highest BCUT2D eigenvalue weighted by Gasteiger charge is 2.28. The van der Waals surface area contributed by atoms with Crippen molar-refractivity contribution in [3.63, 3.8) is 0 Å². The van der Waals surface area contributed by atoms with E-state index < -0.39 is 11.9 Å². The second-order valence-electron chi connectivity index (χ2n) is 6.73. The van der Waals surface area contributed by atoms with E-state index in [1.807, 2.05) is 49.4 Å². The van der Waals surface area contributed by atoms with Crippen LogP contribution in [-0.2, 0) is 14.3 Å². The highest BCUT2D eigenvalue weighted by molar-refractivity contribution is 5.75. The Kier molecular flexibility index (Phi) is 10.3. The average Bonchev–Trinajstić information content (AvgIpc) is 2.79. The molecule has 0 aliphatic carbocycles. The molecule has 0 bridgehead atoms. The molecule has 1 aliphatic heterocycles. The predicted octanol–water partition coefficient (Wildman–Crippen LogP) is 3.13. The number of para-hydroxylation sites is 2. The van der Waals surface area contributed by atoms with Gasteiger partial charge in [0, 0.05) is 13.1 Å². The zero-order chi connectivity index (χ0) is 22.5. The van der Waals surface area contributed by atoms with Crippen molar-refractivity contribution < 1.29 is 34.0 Å². The molecule has 2 aromatic carbocycles. The number of rotatable bonds is 9. The van der Waals surface area contributed by atoms with Gasteiger partial charge in [-0.25, -0.2) is 0 Å². The summed E-state index contributed by atoms with van der Waals surface area (Å²) in [4.78, 5) is 19.3. The Balaban J connectivity index is 0.000000366. The summed E-state index contributed by atoms with van der Waals surface area (Å²) in [7, 11) is 0. The topological polar surface area (TPSA) is 114 Å². The molecule has 0 aromatic heterocycles. The van der Waals surface area contributed by atoms with E-state index in [0.717, 1.165) is 30.2 Å². The number of carboxylic acids is 2. The Bertz CT molecular complexity index is 793. The van der Waals surface area contributed by atoms with E-state index in [0.29, 0.717) is 13.2 Å². The maximum absolute atomic E-state index is 9.64. The Labute approximate surface area is 181 Å². The average molecular weight is 431 g/mol. The first kappa shape index (κ1) is 24.2. The van der Waals surface area contributed by atoms with Crippen molar-refractivity contribution in [2.24, 2.45) is 0 Å². The molecule has 0 amide bonds. The summed E-state index contributed by atoms with van der Waals surface area (Å²) in [5.41, 5.74) is 1.10. The maximum atomic E-state index is 9.64. The molecule has 8 heteroatoms. The molecule has 0 saturated carbocycles. The number of ether oxygens (including phenoxy) is 3. The van der Waals surface area contributed by atoms with Crippen LogP contribution in [0.2, 0.25) is 0 Å². The van der Waals surface area contributed by atoms with E-state index in [1.54, 1.807) is 0 Å².